The first-order chi connectivity index (χ1) is 9.11. The van der Waals surface area contributed by atoms with Crippen molar-refractivity contribution < 1.29 is 9.53 Å². The summed E-state index contributed by atoms with van der Waals surface area (Å²) in [6.07, 6.45) is -0.663. The lowest BCUT2D eigenvalue weighted by Crippen LogP contribution is -2.23. The van der Waals surface area contributed by atoms with Crippen LogP contribution >= 0.6 is 22.9 Å². The zero-order chi connectivity index (χ0) is 13.8. The topological polar surface area (TPSA) is 50.1 Å². The Morgan fingerprint density at radius 1 is 1.37 bits per heavy atom. The number of carbonyl (C=O) groups is 1. The minimum absolute atomic E-state index is 0.148. The summed E-state index contributed by atoms with van der Waals surface area (Å²) >= 11 is 7.02. The lowest BCUT2D eigenvalue weighted by atomic mass is 10.2. The van der Waals surface area contributed by atoms with Gasteiger partial charge in [0.1, 0.15) is 11.8 Å². The standard InChI is InChI=1S/C14H10ClNO2S/c1-9(14(17)12-6-7-13(15)19-12)18-11-5-3-2-4-10(11)8-16/h2-7,9H,1H3. The van der Waals surface area contributed by atoms with E-state index in [1.54, 1.807) is 43.3 Å². The van der Waals surface area contributed by atoms with Crippen LogP contribution in [0.1, 0.15) is 22.2 Å². The van der Waals surface area contributed by atoms with Crippen molar-refractivity contribution in [2.24, 2.45) is 0 Å². The Morgan fingerprint density at radius 2 is 2.11 bits per heavy atom. The van der Waals surface area contributed by atoms with E-state index in [0.717, 1.165) is 0 Å². The van der Waals surface area contributed by atoms with Crippen LogP contribution in [-0.2, 0) is 0 Å². The highest BCUT2D eigenvalue weighted by molar-refractivity contribution is 7.18. The van der Waals surface area contributed by atoms with Crippen molar-refractivity contribution in [1.29, 1.82) is 5.26 Å². The Balaban J connectivity index is 2.15. The molecule has 0 saturated carbocycles. The van der Waals surface area contributed by atoms with E-state index < -0.39 is 6.10 Å². The fraction of sp³-hybridized carbons (Fsp3) is 0.143. The molecule has 5 heteroatoms. The number of hydrogen-bond acceptors (Lipinski definition) is 4. The second-order valence-electron chi connectivity index (χ2n) is 3.84. The number of Topliss-reactive ketones (excluding diaryl/α,β-unsaturated/α-hetero) is 1. The van der Waals surface area contributed by atoms with E-state index in [1.807, 2.05) is 6.07 Å². The van der Waals surface area contributed by atoms with Crippen molar-refractivity contribution in [3.05, 3.63) is 51.2 Å². The van der Waals surface area contributed by atoms with E-state index in [-0.39, 0.29) is 5.78 Å². The zero-order valence-corrected chi connectivity index (χ0v) is 11.7. The van der Waals surface area contributed by atoms with Gasteiger partial charge in [0, 0.05) is 0 Å². The number of ketones is 1. The Kier molecular flexibility index (Phi) is 4.20. The van der Waals surface area contributed by atoms with Crippen LogP contribution in [0.25, 0.3) is 0 Å². The summed E-state index contributed by atoms with van der Waals surface area (Å²) in [4.78, 5) is 12.7. The average molecular weight is 292 g/mol. The van der Waals surface area contributed by atoms with Gasteiger partial charge in [-0.1, -0.05) is 23.7 Å². The van der Waals surface area contributed by atoms with Gasteiger partial charge in [0.2, 0.25) is 5.78 Å². The molecule has 0 bridgehead atoms. The Labute approximate surface area is 120 Å². The van der Waals surface area contributed by atoms with Gasteiger partial charge in [0.15, 0.2) is 6.10 Å². The third-order valence-corrected chi connectivity index (χ3v) is 3.74. The van der Waals surface area contributed by atoms with Gasteiger partial charge in [0.25, 0.3) is 0 Å². The molecule has 0 aliphatic rings. The van der Waals surface area contributed by atoms with Crippen molar-refractivity contribution >= 4 is 28.7 Å². The minimum Gasteiger partial charge on any atom is -0.481 e. The summed E-state index contributed by atoms with van der Waals surface area (Å²) in [7, 11) is 0. The van der Waals surface area contributed by atoms with E-state index >= 15 is 0 Å². The van der Waals surface area contributed by atoms with Gasteiger partial charge < -0.3 is 4.74 Å². The molecule has 3 nitrogen and oxygen atoms in total. The number of halogens is 1. The van der Waals surface area contributed by atoms with Gasteiger partial charge in [-0.25, -0.2) is 0 Å². The number of thiophene rings is 1. The first kappa shape index (κ1) is 13.6. The van der Waals surface area contributed by atoms with Crippen LogP contribution in [0.15, 0.2) is 36.4 Å². The summed E-state index contributed by atoms with van der Waals surface area (Å²) in [6, 6.07) is 12.2. The highest BCUT2D eigenvalue weighted by atomic mass is 35.5. The van der Waals surface area contributed by atoms with Crippen LogP contribution in [0.5, 0.6) is 5.75 Å². The maximum atomic E-state index is 12.1. The predicted octanol–water partition coefficient (Wildman–Crippen LogP) is 3.92. The second-order valence-corrected chi connectivity index (χ2v) is 5.55. The molecule has 19 heavy (non-hydrogen) atoms. The molecule has 96 valence electrons. The molecule has 0 amide bonds. The van der Waals surface area contributed by atoms with Gasteiger partial charge in [-0.2, -0.15) is 5.26 Å². The molecule has 2 rings (SSSR count). The monoisotopic (exact) mass is 291 g/mol. The SMILES string of the molecule is CC(Oc1ccccc1C#N)C(=O)c1ccc(Cl)s1. The van der Waals surface area contributed by atoms with Gasteiger partial charge >= 0.3 is 0 Å². The predicted molar refractivity (Wildman–Crippen MR) is 74.9 cm³/mol. The molecule has 0 aliphatic carbocycles. The molecule has 0 aliphatic heterocycles. The molecule has 0 spiro atoms. The van der Waals surface area contributed by atoms with Crippen LogP contribution < -0.4 is 4.74 Å². The third kappa shape index (κ3) is 3.14. The Morgan fingerprint density at radius 3 is 2.74 bits per heavy atom. The largest absolute Gasteiger partial charge is 0.481 e. The highest BCUT2D eigenvalue weighted by Gasteiger charge is 2.19. The molecule has 0 fully saturated rings. The maximum Gasteiger partial charge on any atom is 0.212 e. The van der Waals surface area contributed by atoms with Crippen LogP contribution in [0.3, 0.4) is 0 Å². The first-order valence-electron chi connectivity index (χ1n) is 5.57. The maximum absolute atomic E-state index is 12.1. The summed E-state index contributed by atoms with van der Waals surface area (Å²) in [6.45, 7) is 1.66. The molecular formula is C14H10ClNO2S. The van der Waals surface area contributed by atoms with Crippen LogP contribution in [0, 0.1) is 11.3 Å². The van der Waals surface area contributed by atoms with Gasteiger partial charge in [-0.05, 0) is 31.2 Å². The molecule has 1 atom stereocenters. The van der Waals surface area contributed by atoms with E-state index in [2.05, 4.69) is 0 Å². The molecule has 1 aromatic carbocycles. The average Bonchev–Trinajstić information content (AvgIpc) is 2.85. The first-order valence-corrected chi connectivity index (χ1v) is 6.76. The summed E-state index contributed by atoms with van der Waals surface area (Å²) in [5.74, 6) is 0.262. The number of para-hydroxylation sites is 1. The molecule has 1 unspecified atom stereocenters. The number of rotatable bonds is 4. The van der Waals surface area contributed by atoms with Crippen LogP contribution in [-0.4, -0.2) is 11.9 Å². The van der Waals surface area contributed by atoms with Gasteiger partial charge in [-0.3, -0.25) is 4.79 Å². The Bertz CT molecular complexity index is 645. The molecule has 0 radical (unpaired) electrons. The number of nitrogens with zero attached hydrogens (tertiary/aromatic N) is 1. The lowest BCUT2D eigenvalue weighted by molar-refractivity contribution is 0.0822. The molecule has 1 heterocycles. The summed E-state index contributed by atoms with van der Waals surface area (Å²) < 4.78 is 6.12. The molecule has 2 aromatic rings. The van der Waals surface area contributed by atoms with Gasteiger partial charge in [0.05, 0.1) is 14.8 Å². The number of carbonyl (C=O) groups excluding carboxylic acids is 1. The van der Waals surface area contributed by atoms with E-state index in [4.69, 9.17) is 21.6 Å². The number of ether oxygens (including phenoxy) is 1. The molecule has 0 saturated heterocycles. The fourth-order valence-electron chi connectivity index (χ4n) is 1.55. The van der Waals surface area contributed by atoms with E-state index in [1.165, 1.54) is 11.3 Å². The third-order valence-electron chi connectivity index (χ3n) is 2.50. The molecule has 0 N–H and O–H groups in total. The number of nitriles is 1. The number of benzene rings is 1. The van der Waals surface area contributed by atoms with E-state index in [0.29, 0.717) is 20.5 Å². The molecular weight excluding hydrogens is 282 g/mol. The van der Waals surface area contributed by atoms with Crippen molar-refractivity contribution in [3.8, 4) is 11.8 Å². The van der Waals surface area contributed by atoms with Crippen molar-refractivity contribution in [1.82, 2.24) is 0 Å². The second kappa shape index (κ2) is 5.87. The summed E-state index contributed by atoms with van der Waals surface area (Å²) in [5, 5.41) is 8.96. The van der Waals surface area contributed by atoms with E-state index in [9.17, 15) is 4.79 Å². The highest BCUT2D eigenvalue weighted by Crippen LogP contribution is 2.24. The zero-order valence-electron chi connectivity index (χ0n) is 10.1. The summed E-state index contributed by atoms with van der Waals surface area (Å²) in [5.41, 5.74) is 0.409. The smallest absolute Gasteiger partial charge is 0.212 e. The lowest BCUT2D eigenvalue weighted by Gasteiger charge is -2.13. The molecule has 1 aromatic heterocycles. The van der Waals surface area contributed by atoms with Crippen molar-refractivity contribution in [3.63, 3.8) is 0 Å². The number of hydrogen-bond donors (Lipinski definition) is 0. The van der Waals surface area contributed by atoms with Crippen molar-refractivity contribution in [2.75, 3.05) is 0 Å². The fourth-order valence-corrected chi connectivity index (χ4v) is 2.61. The van der Waals surface area contributed by atoms with Gasteiger partial charge in [-0.15, -0.1) is 11.3 Å². The Hall–Kier alpha value is -1.83. The quantitative estimate of drug-likeness (QED) is 0.802. The normalized spacial score (nSPS) is 11.6. The van der Waals surface area contributed by atoms with Crippen LogP contribution in [0.2, 0.25) is 4.34 Å². The minimum atomic E-state index is -0.663. The van der Waals surface area contributed by atoms with Crippen LogP contribution in [0.4, 0.5) is 0 Å². The van der Waals surface area contributed by atoms with Crippen molar-refractivity contribution in [2.45, 2.75) is 13.0 Å².